The zero-order valence-electron chi connectivity index (χ0n) is 10.7. The molecule has 0 radical (unpaired) electrons. The lowest BCUT2D eigenvalue weighted by molar-refractivity contribution is 0.0698. The van der Waals surface area contributed by atoms with Gasteiger partial charge >= 0.3 is 5.97 Å². The number of carbonyl (C=O) groups is 1. The fourth-order valence-electron chi connectivity index (χ4n) is 1.77. The number of benzene rings is 2. The third kappa shape index (κ3) is 3.85. The molecule has 4 nitrogen and oxygen atoms in total. The summed E-state index contributed by atoms with van der Waals surface area (Å²) in [5.74, 6) is -3.69. The molecule has 0 aliphatic carbocycles. The van der Waals surface area contributed by atoms with E-state index in [2.05, 4.69) is 5.32 Å². The topological polar surface area (TPSA) is 75.4 Å². The smallest absolute Gasteiger partial charge is 0.337 e. The summed E-state index contributed by atoms with van der Waals surface area (Å²) < 4.78 is 25.1. The lowest BCUT2D eigenvalue weighted by atomic mass is 10.1. The van der Waals surface area contributed by atoms with E-state index in [9.17, 15) is 13.6 Å². The fraction of sp³-hybridized carbons (Fsp3) is 0.0714. The molecular formula is C14H12F2N2O2S. The van der Waals surface area contributed by atoms with Crippen LogP contribution < -0.4 is 11.1 Å². The normalized spacial score (nSPS) is 10.6. The molecule has 0 saturated carbocycles. The fourth-order valence-corrected chi connectivity index (χ4v) is 2.36. The lowest BCUT2D eigenvalue weighted by Gasteiger charge is -2.13. The number of aromatic carboxylic acids is 1. The first kappa shape index (κ1) is 15.1. The van der Waals surface area contributed by atoms with E-state index >= 15 is 0 Å². The van der Waals surface area contributed by atoms with Gasteiger partial charge in [0, 0.05) is 10.6 Å². The van der Waals surface area contributed by atoms with Gasteiger partial charge in [-0.3, -0.25) is 0 Å². The van der Waals surface area contributed by atoms with Crippen LogP contribution in [0.1, 0.15) is 10.4 Å². The summed E-state index contributed by atoms with van der Waals surface area (Å²) in [6.45, 7) is 0. The van der Waals surface area contributed by atoms with Crippen molar-refractivity contribution in [2.24, 2.45) is 0 Å². The summed E-state index contributed by atoms with van der Waals surface area (Å²) in [7, 11) is 0. The van der Waals surface area contributed by atoms with Gasteiger partial charge in [-0.15, -0.1) is 0 Å². The number of carboxylic acids is 1. The average molecular weight is 310 g/mol. The first-order chi connectivity index (χ1) is 9.97. The summed E-state index contributed by atoms with van der Waals surface area (Å²) in [4.78, 5) is 11.5. The number of carboxylic acid groups (broad SMARTS) is 1. The van der Waals surface area contributed by atoms with Crippen molar-refractivity contribution in [3.05, 3.63) is 48.0 Å². The number of halogens is 2. The minimum absolute atomic E-state index is 0.0149. The van der Waals surface area contributed by atoms with E-state index in [1.165, 1.54) is 24.3 Å². The van der Waals surface area contributed by atoms with Gasteiger partial charge in [-0.2, -0.15) is 8.78 Å². The van der Waals surface area contributed by atoms with Crippen molar-refractivity contribution in [3.8, 4) is 0 Å². The number of alkyl halides is 2. The molecule has 0 amide bonds. The second kappa shape index (κ2) is 6.45. The van der Waals surface area contributed by atoms with E-state index in [4.69, 9.17) is 10.8 Å². The quantitative estimate of drug-likeness (QED) is 0.574. The molecule has 0 atom stereocenters. The van der Waals surface area contributed by atoms with Crippen LogP contribution in [0.25, 0.3) is 0 Å². The number of nitrogens with one attached hydrogen (secondary N) is 1. The molecule has 7 heteroatoms. The summed E-state index contributed by atoms with van der Waals surface area (Å²) >= 11 is 0.388. The highest BCUT2D eigenvalue weighted by atomic mass is 32.2. The first-order valence-corrected chi connectivity index (χ1v) is 6.79. The van der Waals surface area contributed by atoms with E-state index in [0.717, 1.165) is 0 Å². The molecule has 0 aliphatic rings. The van der Waals surface area contributed by atoms with E-state index in [0.29, 0.717) is 28.0 Å². The van der Waals surface area contributed by atoms with Crippen molar-refractivity contribution >= 4 is 34.8 Å². The van der Waals surface area contributed by atoms with Crippen molar-refractivity contribution in [3.63, 3.8) is 0 Å². The van der Waals surface area contributed by atoms with E-state index < -0.39 is 11.7 Å². The molecule has 0 heterocycles. The summed E-state index contributed by atoms with van der Waals surface area (Å²) in [5.41, 5.74) is 6.69. The zero-order chi connectivity index (χ0) is 15.4. The van der Waals surface area contributed by atoms with E-state index in [1.54, 1.807) is 18.2 Å². The highest BCUT2D eigenvalue weighted by molar-refractivity contribution is 7.99. The Kier molecular flexibility index (Phi) is 4.64. The largest absolute Gasteiger partial charge is 0.478 e. The molecule has 2 aromatic carbocycles. The molecular weight excluding hydrogens is 298 g/mol. The van der Waals surface area contributed by atoms with Gasteiger partial charge in [0.05, 0.1) is 16.9 Å². The van der Waals surface area contributed by atoms with Gasteiger partial charge in [-0.05, 0) is 30.3 Å². The Morgan fingerprint density at radius 3 is 2.57 bits per heavy atom. The minimum Gasteiger partial charge on any atom is -0.478 e. The van der Waals surface area contributed by atoms with Gasteiger partial charge in [0.2, 0.25) is 0 Å². The van der Waals surface area contributed by atoms with Crippen LogP contribution in [0.3, 0.4) is 0 Å². The van der Waals surface area contributed by atoms with Crippen LogP contribution in [0, 0.1) is 0 Å². The maximum absolute atomic E-state index is 12.5. The van der Waals surface area contributed by atoms with Gasteiger partial charge in [0.1, 0.15) is 0 Å². The van der Waals surface area contributed by atoms with Gasteiger partial charge < -0.3 is 16.2 Å². The molecule has 4 N–H and O–H groups in total. The predicted molar refractivity (Wildman–Crippen MR) is 79.4 cm³/mol. The summed E-state index contributed by atoms with van der Waals surface area (Å²) in [5, 5.41) is 12.0. The third-order valence-electron chi connectivity index (χ3n) is 2.65. The zero-order valence-corrected chi connectivity index (χ0v) is 11.5. The lowest BCUT2D eigenvalue weighted by Crippen LogP contribution is -2.04. The Morgan fingerprint density at radius 1 is 1.19 bits per heavy atom. The Balaban J connectivity index is 2.38. The number of rotatable bonds is 5. The molecule has 2 rings (SSSR count). The van der Waals surface area contributed by atoms with Gasteiger partial charge in [-0.1, -0.05) is 23.9 Å². The molecule has 110 valence electrons. The molecule has 0 aliphatic heterocycles. The van der Waals surface area contributed by atoms with Crippen LogP contribution in [-0.4, -0.2) is 16.8 Å². The highest BCUT2D eigenvalue weighted by Crippen LogP contribution is 2.34. The number of nitrogens with two attached hydrogens (primary N) is 1. The SMILES string of the molecule is Nc1ccc(C(=O)O)c(Nc2ccccc2SC(F)F)c1. The standard InChI is InChI=1S/C14H12F2N2O2S/c15-14(16)21-12-4-2-1-3-10(12)18-11-7-8(17)5-6-9(11)13(19)20/h1-7,14,18H,17H2,(H,19,20). The molecule has 0 spiro atoms. The van der Waals surface area contributed by atoms with Crippen molar-refractivity contribution in [2.45, 2.75) is 10.7 Å². The number of thioether (sulfide) groups is 1. The van der Waals surface area contributed by atoms with Crippen LogP contribution in [-0.2, 0) is 0 Å². The molecule has 0 aromatic heterocycles. The van der Waals surface area contributed by atoms with E-state index in [-0.39, 0.29) is 11.3 Å². The van der Waals surface area contributed by atoms with Gasteiger partial charge in [0.15, 0.2) is 0 Å². The van der Waals surface area contributed by atoms with Gasteiger partial charge in [-0.25, -0.2) is 4.79 Å². The van der Waals surface area contributed by atoms with Crippen LogP contribution in [0.2, 0.25) is 0 Å². The number of hydrogen-bond acceptors (Lipinski definition) is 4. The maximum atomic E-state index is 12.5. The van der Waals surface area contributed by atoms with Crippen LogP contribution in [0.15, 0.2) is 47.4 Å². The predicted octanol–water partition coefficient (Wildman–Crippen LogP) is 4.03. The van der Waals surface area contributed by atoms with E-state index in [1.807, 2.05) is 0 Å². The summed E-state index contributed by atoms with van der Waals surface area (Å²) in [6, 6.07) is 10.7. The number of hydrogen-bond donors (Lipinski definition) is 3. The Bertz CT molecular complexity index is 665. The minimum atomic E-state index is -2.56. The Labute approximate surface area is 124 Å². The van der Waals surface area contributed by atoms with Crippen molar-refractivity contribution < 1.29 is 18.7 Å². The number of nitrogen functional groups attached to an aromatic ring is 1. The first-order valence-electron chi connectivity index (χ1n) is 5.91. The molecule has 0 unspecified atom stereocenters. The second-order valence-corrected chi connectivity index (χ2v) is 5.14. The van der Waals surface area contributed by atoms with Crippen LogP contribution >= 0.6 is 11.8 Å². The Hall–Kier alpha value is -2.28. The molecule has 2 aromatic rings. The molecule has 0 bridgehead atoms. The summed E-state index contributed by atoms with van der Waals surface area (Å²) in [6.07, 6.45) is 0. The van der Waals surface area contributed by atoms with Crippen molar-refractivity contribution in [2.75, 3.05) is 11.1 Å². The molecule has 0 fully saturated rings. The maximum Gasteiger partial charge on any atom is 0.337 e. The monoisotopic (exact) mass is 310 g/mol. The molecule has 0 saturated heterocycles. The van der Waals surface area contributed by atoms with Gasteiger partial charge in [0.25, 0.3) is 5.76 Å². The number of anilines is 3. The average Bonchev–Trinajstić information content (AvgIpc) is 2.40. The second-order valence-electron chi connectivity index (χ2n) is 4.11. The van der Waals surface area contributed by atoms with Crippen molar-refractivity contribution in [1.82, 2.24) is 0 Å². The van der Waals surface area contributed by atoms with Crippen molar-refractivity contribution in [1.29, 1.82) is 0 Å². The van der Waals surface area contributed by atoms with Crippen LogP contribution in [0.5, 0.6) is 0 Å². The third-order valence-corrected chi connectivity index (χ3v) is 3.43. The molecule has 21 heavy (non-hydrogen) atoms. The Morgan fingerprint density at radius 2 is 1.90 bits per heavy atom. The van der Waals surface area contributed by atoms with Crippen LogP contribution in [0.4, 0.5) is 25.8 Å². The highest BCUT2D eigenvalue weighted by Gasteiger charge is 2.14. The number of para-hydroxylation sites is 1.